The number of anilines is 1. The standard InChI is InChI=1S/C19H24N4O4S/c1-12-9-17(27-22-12)20-16(24)11-28-18-14-6-2-3-7-15(14)23(19(25)21-18)10-13-5-4-8-26-13/h9,13H,2-8,10-11H2,1H3,(H,20,24). The van der Waals surface area contributed by atoms with Crippen molar-refractivity contribution in [1.29, 1.82) is 0 Å². The predicted octanol–water partition coefficient (Wildman–Crippen LogP) is 2.33. The van der Waals surface area contributed by atoms with Crippen molar-refractivity contribution in [1.82, 2.24) is 14.7 Å². The lowest BCUT2D eigenvalue weighted by Gasteiger charge is -2.24. The van der Waals surface area contributed by atoms with Crippen molar-refractivity contribution in [2.75, 3.05) is 17.7 Å². The summed E-state index contributed by atoms with van der Waals surface area (Å²) in [6.45, 7) is 3.13. The first-order valence-electron chi connectivity index (χ1n) is 9.70. The number of thioether (sulfide) groups is 1. The molecule has 1 fully saturated rings. The Morgan fingerprint density at radius 1 is 1.36 bits per heavy atom. The predicted molar refractivity (Wildman–Crippen MR) is 105 cm³/mol. The topological polar surface area (TPSA) is 99.2 Å². The number of nitrogens with one attached hydrogen (secondary N) is 1. The molecule has 2 aromatic heterocycles. The highest BCUT2D eigenvalue weighted by molar-refractivity contribution is 8.00. The van der Waals surface area contributed by atoms with E-state index in [0.717, 1.165) is 56.4 Å². The molecule has 0 radical (unpaired) electrons. The van der Waals surface area contributed by atoms with Gasteiger partial charge < -0.3 is 9.26 Å². The summed E-state index contributed by atoms with van der Waals surface area (Å²) in [5.41, 5.74) is 2.63. The van der Waals surface area contributed by atoms with Crippen LogP contribution >= 0.6 is 11.8 Å². The zero-order valence-electron chi connectivity index (χ0n) is 15.9. The van der Waals surface area contributed by atoms with Crippen LogP contribution in [0.2, 0.25) is 0 Å². The van der Waals surface area contributed by atoms with Crippen molar-refractivity contribution in [2.24, 2.45) is 0 Å². The van der Waals surface area contributed by atoms with E-state index in [0.29, 0.717) is 23.1 Å². The van der Waals surface area contributed by atoms with Gasteiger partial charge in [0, 0.05) is 23.9 Å². The molecule has 28 heavy (non-hydrogen) atoms. The molecule has 1 atom stereocenters. The number of nitrogens with zero attached hydrogens (tertiary/aromatic N) is 3. The van der Waals surface area contributed by atoms with Crippen LogP contribution < -0.4 is 11.0 Å². The van der Waals surface area contributed by atoms with Gasteiger partial charge in [0.2, 0.25) is 11.8 Å². The second kappa shape index (κ2) is 8.48. The molecular weight excluding hydrogens is 380 g/mol. The summed E-state index contributed by atoms with van der Waals surface area (Å²) in [4.78, 5) is 29.2. The molecule has 1 amide bonds. The average Bonchev–Trinajstić information content (AvgIpc) is 3.34. The molecule has 1 aliphatic carbocycles. The molecule has 0 spiro atoms. The van der Waals surface area contributed by atoms with Crippen LogP contribution in [0.3, 0.4) is 0 Å². The van der Waals surface area contributed by atoms with Crippen molar-refractivity contribution in [3.63, 3.8) is 0 Å². The molecule has 8 nitrogen and oxygen atoms in total. The first kappa shape index (κ1) is 19.2. The highest BCUT2D eigenvalue weighted by Gasteiger charge is 2.24. The van der Waals surface area contributed by atoms with Gasteiger partial charge in [0.05, 0.1) is 24.1 Å². The fourth-order valence-electron chi connectivity index (χ4n) is 3.78. The summed E-state index contributed by atoms with van der Waals surface area (Å²) >= 11 is 1.31. The van der Waals surface area contributed by atoms with Crippen LogP contribution in [-0.2, 0) is 28.9 Å². The van der Waals surface area contributed by atoms with Gasteiger partial charge >= 0.3 is 5.69 Å². The molecule has 150 valence electrons. The molecule has 1 aliphatic heterocycles. The number of amides is 1. The lowest BCUT2D eigenvalue weighted by molar-refractivity contribution is -0.113. The van der Waals surface area contributed by atoms with Crippen LogP contribution in [-0.4, -0.2) is 39.1 Å². The molecule has 9 heteroatoms. The third-order valence-corrected chi connectivity index (χ3v) is 6.11. The summed E-state index contributed by atoms with van der Waals surface area (Å²) in [5, 5.41) is 7.09. The molecule has 0 saturated carbocycles. The SMILES string of the molecule is Cc1cc(NC(=O)CSc2nc(=O)n(CC3CCCO3)c3c2CCCC3)on1. The van der Waals surface area contributed by atoms with E-state index in [-0.39, 0.29) is 23.5 Å². The number of rotatable bonds is 6. The smallest absolute Gasteiger partial charge is 0.348 e. The molecule has 1 saturated heterocycles. The molecular formula is C19H24N4O4S. The number of aryl methyl sites for hydroxylation is 1. The summed E-state index contributed by atoms with van der Waals surface area (Å²) in [5.74, 6) is 0.273. The van der Waals surface area contributed by atoms with Gasteiger partial charge in [0.15, 0.2) is 0 Å². The number of hydrogen-bond acceptors (Lipinski definition) is 7. The number of ether oxygens (including phenoxy) is 1. The van der Waals surface area contributed by atoms with Crippen LogP contribution in [0.25, 0.3) is 0 Å². The highest BCUT2D eigenvalue weighted by atomic mass is 32.2. The zero-order chi connectivity index (χ0) is 19.5. The van der Waals surface area contributed by atoms with Crippen molar-refractivity contribution in [3.8, 4) is 0 Å². The van der Waals surface area contributed by atoms with Gasteiger partial charge in [-0.25, -0.2) is 4.79 Å². The maximum absolute atomic E-state index is 12.7. The maximum atomic E-state index is 12.7. The van der Waals surface area contributed by atoms with E-state index in [4.69, 9.17) is 9.26 Å². The van der Waals surface area contributed by atoms with E-state index in [1.807, 2.05) is 0 Å². The summed E-state index contributed by atoms with van der Waals surface area (Å²) in [6.07, 6.45) is 6.03. The summed E-state index contributed by atoms with van der Waals surface area (Å²) < 4.78 is 12.5. The Labute approximate surface area is 167 Å². The summed E-state index contributed by atoms with van der Waals surface area (Å²) in [6, 6.07) is 1.66. The first-order valence-corrected chi connectivity index (χ1v) is 10.7. The average molecular weight is 404 g/mol. The van der Waals surface area contributed by atoms with Gasteiger partial charge in [-0.2, -0.15) is 4.98 Å². The van der Waals surface area contributed by atoms with E-state index in [1.54, 1.807) is 17.6 Å². The Hall–Kier alpha value is -2.13. The Kier molecular flexibility index (Phi) is 5.82. The van der Waals surface area contributed by atoms with Gasteiger partial charge in [-0.05, 0) is 45.4 Å². The number of carbonyl (C=O) groups is 1. The monoisotopic (exact) mass is 404 g/mol. The minimum absolute atomic E-state index is 0.0974. The Morgan fingerprint density at radius 2 is 2.21 bits per heavy atom. The molecule has 4 rings (SSSR count). The molecule has 1 N–H and O–H groups in total. The van der Waals surface area contributed by atoms with Crippen LogP contribution in [0.15, 0.2) is 20.4 Å². The Morgan fingerprint density at radius 3 is 2.96 bits per heavy atom. The number of fused-ring (bicyclic) bond motifs is 1. The van der Waals surface area contributed by atoms with Gasteiger partial charge in [0.25, 0.3) is 0 Å². The van der Waals surface area contributed by atoms with Crippen molar-refractivity contribution in [2.45, 2.75) is 63.1 Å². The third kappa shape index (κ3) is 4.30. The van der Waals surface area contributed by atoms with Crippen molar-refractivity contribution in [3.05, 3.63) is 33.5 Å². The van der Waals surface area contributed by atoms with Crippen LogP contribution in [0.4, 0.5) is 5.88 Å². The zero-order valence-corrected chi connectivity index (χ0v) is 16.7. The van der Waals surface area contributed by atoms with Crippen LogP contribution in [0.5, 0.6) is 0 Å². The molecule has 2 aromatic rings. The fourth-order valence-corrected chi connectivity index (χ4v) is 4.65. The minimum atomic E-state index is -0.245. The lowest BCUT2D eigenvalue weighted by atomic mass is 9.97. The van der Waals surface area contributed by atoms with Crippen LogP contribution in [0.1, 0.15) is 42.6 Å². The van der Waals surface area contributed by atoms with E-state index in [2.05, 4.69) is 15.5 Å². The van der Waals surface area contributed by atoms with Gasteiger partial charge in [-0.1, -0.05) is 16.9 Å². The van der Waals surface area contributed by atoms with E-state index < -0.39 is 0 Å². The quantitative estimate of drug-likeness (QED) is 0.583. The highest BCUT2D eigenvalue weighted by Crippen LogP contribution is 2.29. The molecule has 1 unspecified atom stereocenters. The number of aromatic nitrogens is 3. The van der Waals surface area contributed by atoms with E-state index in [1.165, 1.54) is 11.8 Å². The lowest BCUT2D eigenvalue weighted by Crippen LogP contribution is -2.34. The van der Waals surface area contributed by atoms with E-state index in [9.17, 15) is 9.59 Å². The molecule has 0 aromatic carbocycles. The van der Waals surface area contributed by atoms with Gasteiger partial charge in [-0.3, -0.25) is 14.7 Å². The minimum Gasteiger partial charge on any atom is -0.376 e. The number of carbonyl (C=O) groups excluding carboxylic acids is 1. The fraction of sp³-hybridized carbons (Fsp3) is 0.579. The van der Waals surface area contributed by atoms with Gasteiger partial charge in [0.1, 0.15) is 5.03 Å². The second-order valence-corrected chi connectivity index (χ2v) is 8.21. The van der Waals surface area contributed by atoms with Crippen molar-refractivity contribution >= 4 is 23.6 Å². The van der Waals surface area contributed by atoms with E-state index >= 15 is 0 Å². The Balaban J connectivity index is 1.49. The van der Waals surface area contributed by atoms with Gasteiger partial charge in [-0.15, -0.1) is 0 Å². The normalized spacial score (nSPS) is 18.8. The molecule has 3 heterocycles. The first-order chi connectivity index (χ1) is 13.6. The second-order valence-electron chi connectivity index (χ2n) is 7.25. The summed E-state index contributed by atoms with van der Waals surface area (Å²) in [7, 11) is 0. The third-order valence-electron chi connectivity index (χ3n) is 5.09. The molecule has 2 aliphatic rings. The van der Waals surface area contributed by atoms with Crippen molar-refractivity contribution < 1.29 is 14.1 Å². The maximum Gasteiger partial charge on any atom is 0.348 e. The number of hydrogen-bond donors (Lipinski definition) is 1. The largest absolute Gasteiger partial charge is 0.376 e. The molecule has 0 bridgehead atoms. The van der Waals surface area contributed by atoms with Crippen LogP contribution in [0, 0.1) is 6.92 Å². The Bertz CT molecular complexity index is 917.